The molecule has 0 aliphatic carbocycles. The molecule has 36 heavy (non-hydrogen) atoms. The van der Waals surface area contributed by atoms with E-state index in [2.05, 4.69) is 89.5 Å². The summed E-state index contributed by atoms with van der Waals surface area (Å²) in [5, 5.41) is 7.71. The van der Waals surface area contributed by atoms with E-state index in [9.17, 15) is 0 Å². The fourth-order valence-corrected chi connectivity index (χ4v) is 5.53. The summed E-state index contributed by atoms with van der Waals surface area (Å²) < 4.78 is 22.7. The van der Waals surface area contributed by atoms with Crippen molar-refractivity contribution >= 4 is 11.4 Å². The third kappa shape index (κ3) is 3.75. The minimum Gasteiger partial charge on any atom is -0.454 e. The van der Waals surface area contributed by atoms with Crippen molar-refractivity contribution in [2.24, 2.45) is 0 Å². The van der Waals surface area contributed by atoms with Crippen molar-refractivity contribution in [1.82, 2.24) is 0 Å². The molecule has 0 bridgehead atoms. The van der Waals surface area contributed by atoms with Crippen molar-refractivity contribution in [3.8, 4) is 23.0 Å². The van der Waals surface area contributed by atoms with Crippen LogP contribution in [0.25, 0.3) is 0 Å². The van der Waals surface area contributed by atoms with Gasteiger partial charge in [-0.25, -0.2) is 0 Å². The van der Waals surface area contributed by atoms with Gasteiger partial charge in [0.15, 0.2) is 23.0 Å². The summed E-state index contributed by atoms with van der Waals surface area (Å²) in [6, 6.07) is 31.7. The molecule has 180 valence electrons. The smallest absolute Gasteiger partial charge is 0.231 e. The highest BCUT2D eigenvalue weighted by atomic mass is 16.7. The number of rotatable bonds is 5. The van der Waals surface area contributed by atoms with E-state index < -0.39 is 0 Å². The van der Waals surface area contributed by atoms with Crippen LogP contribution in [-0.2, 0) is 6.42 Å². The summed E-state index contributed by atoms with van der Waals surface area (Å²) in [4.78, 5) is 0. The van der Waals surface area contributed by atoms with E-state index in [1.165, 1.54) is 11.1 Å². The molecule has 0 radical (unpaired) electrons. The van der Waals surface area contributed by atoms with Crippen LogP contribution in [0.1, 0.15) is 28.7 Å². The van der Waals surface area contributed by atoms with Gasteiger partial charge in [-0.05, 0) is 35.7 Å². The summed E-state index contributed by atoms with van der Waals surface area (Å²) in [5.41, 5.74) is 5.75. The van der Waals surface area contributed by atoms with E-state index in [1.54, 1.807) is 0 Å². The van der Waals surface area contributed by atoms with Crippen LogP contribution in [0.5, 0.6) is 23.0 Å². The number of fused-ring (bicyclic) bond motifs is 3. The zero-order valence-electron chi connectivity index (χ0n) is 19.6. The fourth-order valence-electron chi connectivity index (χ4n) is 5.53. The van der Waals surface area contributed by atoms with Crippen molar-refractivity contribution in [3.63, 3.8) is 0 Å². The van der Waals surface area contributed by atoms with Gasteiger partial charge in [0.25, 0.3) is 0 Å². The molecule has 3 atom stereocenters. The molecule has 0 unspecified atom stereocenters. The number of anilines is 2. The Kier molecular flexibility index (Phi) is 5.09. The molecule has 3 aliphatic rings. The van der Waals surface area contributed by atoms with Crippen LogP contribution in [0.3, 0.4) is 0 Å². The standard InChI is InChI=1S/C30H26N2O4/c1-3-7-19(8-4-1)13-24-29(20-9-5-2-6-10-20)30(31-21-11-12-25-26(14-21)34-17-33-25)22-15-27-28(36-18-35-27)16-23(22)32-24/h1-12,14-16,24,29-32H,13,17-18H2/t24-,29-,30-/m1/s1. The van der Waals surface area contributed by atoms with E-state index in [1.807, 2.05) is 12.1 Å². The average molecular weight is 479 g/mol. The Balaban J connectivity index is 1.35. The molecule has 6 nitrogen and oxygen atoms in total. The molecule has 0 fully saturated rings. The molecular weight excluding hydrogens is 452 g/mol. The molecule has 0 aromatic heterocycles. The molecule has 0 saturated carbocycles. The lowest BCUT2D eigenvalue weighted by atomic mass is 9.76. The molecule has 4 aromatic carbocycles. The fraction of sp³-hybridized carbons (Fsp3) is 0.200. The lowest BCUT2D eigenvalue weighted by Gasteiger charge is -2.42. The van der Waals surface area contributed by atoms with Crippen LogP contribution in [0.15, 0.2) is 91.0 Å². The molecule has 0 amide bonds. The first-order valence-electron chi connectivity index (χ1n) is 12.3. The second kappa shape index (κ2) is 8.72. The predicted octanol–water partition coefficient (Wildman–Crippen LogP) is 6.12. The SMILES string of the molecule is c1ccc(C[C@H]2Nc3cc4c(cc3[C@@H](Nc3ccc5c(c3)OCO5)[C@@H]2c2ccccc2)OCO4)cc1. The first-order valence-corrected chi connectivity index (χ1v) is 12.3. The summed E-state index contributed by atoms with van der Waals surface area (Å²) in [6.07, 6.45) is 0.883. The van der Waals surface area contributed by atoms with Crippen LogP contribution in [0.2, 0.25) is 0 Å². The first-order chi connectivity index (χ1) is 17.8. The monoisotopic (exact) mass is 478 g/mol. The lowest BCUT2D eigenvalue weighted by Crippen LogP contribution is -2.40. The minimum absolute atomic E-state index is 0.0211. The molecule has 2 N–H and O–H groups in total. The van der Waals surface area contributed by atoms with E-state index in [0.717, 1.165) is 46.4 Å². The first kappa shape index (κ1) is 21.0. The molecule has 0 saturated heterocycles. The van der Waals surface area contributed by atoms with E-state index in [0.29, 0.717) is 0 Å². The molecule has 7 rings (SSSR count). The normalized spacial score (nSPS) is 20.9. The zero-order chi connectivity index (χ0) is 23.9. The molecular formula is C30H26N2O4. The number of hydrogen-bond donors (Lipinski definition) is 2. The van der Waals surface area contributed by atoms with Gasteiger partial charge in [-0.2, -0.15) is 0 Å². The van der Waals surface area contributed by atoms with E-state index in [4.69, 9.17) is 18.9 Å². The van der Waals surface area contributed by atoms with E-state index >= 15 is 0 Å². The molecule has 6 heteroatoms. The predicted molar refractivity (Wildman–Crippen MR) is 138 cm³/mol. The lowest BCUT2D eigenvalue weighted by molar-refractivity contribution is 0.173. The van der Waals surface area contributed by atoms with Gasteiger partial charge < -0.3 is 29.6 Å². The average Bonchev–Trinajstić information content (AvgIpc) is 3.57. The summed E-state index contributed by atoms with van der Waals surface area (Å²) >= 11 is 0. The van der Waals surface area contributed by atoms with Crippen LogP contribution < -0.4 is 29.6 Å². The Labute approximate surface area is 209 Å². The maximum atomic E-state index is 5.77. The number of hydrogen-bond acceptors (Lipinski definition) is 6. The highest BCUT2D eigenvalue weighted by Crippen LogP contribution is 2.49. The molecule has 4 aromatic rings. The van der Waals surface area contributed by atoms with E-state index in [-0.39, 0.29) is 31.6 Å². The van der Waals surface area contributed by atoms with Gasteiger partial charge in [0, 0.05) is 41.0 Å². The number of nitrogens with one attached hydrogen (secondary N) is 2. The Morgan fingerprint density at radius 2 is 1.36 bits per heavy atom. The topological polar surface area (TPSA) is 61.0 Å². The molecule has 0 spiro atoms. The van der Waals surface area contributed by atoms with Crippen molar-refractivity contribution in [3.05, 3.63) is 108 Å². The highest BCUT2D eigenvalue weighted by molar-refractivity contribution is 5.68. The van der Waals surface area contributed by atoms with Gasteiger partial charge in [-0.15, -0.1) is 0 Å². The molecule has 3 aliphatic heterocycles. The van der Waals surface area contributed by atoms with Crippen molar-refractivity contribution < 1.29 is 18.9 Å². The van der Waals surface area contributed by atoms with Crippen molar-refractivity contribution in [2.75, 3.05) is 24.2 Å². The third-order valence-electron chi connectivity index (χ3n) is 7.19. The number of ether oxygens (including phenoxy) is 4. The third-order valence-corrected chi connectivity index (χ3v) is 7.19. The van der Waals surface area contributed by atoms with Gasteiger partial charge in [0.1, 0.15) is 0 Å². The van der Waals surface area contributed by atoms with Crippen LogP contribution in [0, 0.1) is 0 Å². The van der Waals surface area contributed by atoms with Gasteiger partial charge in [0.2, 0.25) is 13.6 Å². The second-order valence-corrected chi connectivity index (χ2v) is 9.36. The molecule has 3 heterocycles. The number of benzene rings is 4. The van der Waals surface area contributed by atoms with Crippen LogP contribution in [0.4, 0.5) is 11.4 Å². The van der Waals surface area contributed by atoms with Crippen molar-refractivity contribution in [2.45, 2.75) is 24.4 Å². The Bertz CT molecular complexity index is 1390. The second-order valence-electron chi connectivity index (χ2n) is 9.36. The quantitative estimate of drug-likeness (QED) is 0.361. The summed E-state index contributed by atoms with van der Waals surface area (Å²) in [7, 11) is 0. The Morgan fingerprint density at radius 1 is 0.694 bits per heavy atom. The van der Waals surface area contributed by atoms with Gasteiger partial charge in [-0.3, -0.25) is 0 Å². The van der Waals surface area contributed by atoms with Gasteiger partial charge in [0.05, 0.1) is 6.04 Å². The Hall–Kier alpha value is -4.32. The highest BCUT2D eigenvalue weighted by Gasteiger charge is 2.39. The largest absolute Gasteiger partial charge is 0.454 e. The van der Waals surface area contributed by atoms with Crippen LogP contribution in [-0.4, -0.2) is 19.6 Å². The summed E-state index contributed by atoms with van der Waals surface area (Å²) in [6.45, 7) is 0.498. The summed E-state index contributed by atoms with van der Waals surface area (Å²) in [5.74, 6) is 3.24. The maximum Gasteiger partial charge on any atom is 0.231 e. The zero-order valence-corrected chi connectivity index (χ0v) is 19.6. The minimum atomic E-state index is -0.0211. The van der Waals surface area contributed by atoms with Gasteiger partial charge in [-0.1, -0.05) is 60.7 Å². The maximum absolute atomic E-state index is 5.77. The van der Waals surface area contributed by atoms with Gasteiger partial charge >= 0.3 is 0 Å². The Morgan fingerprint density at radius 3 is 2.14 bits per heavy atom. The van der Waals surface area contributed by atoms with Crippen LogP contribution >= 0.6 is 0 Å². The van der Waals surface area contributed by atoms with Crippen molar-refractivity contribution in [1.29, 1.82) is 0 Å².